The van der Waals surface area contributed by atoms with E-state index in [0.717, 1.165) is 47.1 Å². The fraction of sp³-hybridized carbons (Fsp3) is 0.500. The molecule has 0 radical (unpaired) electrons. The van der Waals surface area contributed by atoms with Gasteiger partial charge in [-0.25, -0.2) is 4.98 Å². The van der Waals surface area contributed by atoms with E-state index in [9.17, 15) is 4.79 Å². The molecule has 0 spiro atoms. The number of thiazole rings is 1. The van der Waals surface area contributed by atoms with Crippen LogP contribution in [-0.2, 0) is 17.0 Å². The SMILES string of the molecule is CCn1c(SCc2cc(=O)n3c(C)csc3n2)nnc1N1CCOCC1. The van der Waals surface area contributed by atoms with Crippen molar-refractivity contribution in [2.45, 2.75) is 31.3 Å². The maximum absolute atomic E-state index is 12.3. The van der Waals surface area contributed by atoms with Crippen LogP contribution in [0.3, 0.4) is 0 Å². The summed E-state index contributed by atoms with van der Waals surface area (Å²) in [6.07, 6.45) is 0. The topological polar surface area (TPSA) is 77.5 Å². The van der Waals surface area contributed by atoms with Crippen LogP contribution in [0.4, 0.5) is 5.95 Å². The smallest absolute Gasteiger partial charge is 0.258 e. The summed E-state index contributed by atoms with van der Waals surface area (Å²) in [5.41, 5.74) is 1.65. The third-order valence-electron chi connectivity index (χ3n) is 4.29. The van der Waals surface area contributed by atoms with Crippen LogP contribution >= 0.6 is 23.1 Å². The standard InChI is InChI=1S/C16H20N6O2S2/c1-3-21-14(20-4-6-24-7-5-20)18-19-16(21)26-10-12-8-13(23)22-11(2)9-25-15(22)17-12/h8-9H,3-7,10H2,1-2H3. The third-order valence-corrected chi connectivity index (χ3v) is 6.23. The van der Waals surface area contributed by atoms with Gasteiger partial charge in [-0.2, -0.15) is 0 Å². The van der Waals surface area contributed by atoms with E-state index in [0.29, 0.717) is 19.0 Å². The summed E-state index contributed by atoms with van der Waals surface area (Å²) in [5, 5.41) is 11.5. The minimum absolute atomic E-state index is 0.0321. The van der Waals surface area contributed by atoms with Crippen molar-refractivity contribution in [3.63, 3.8) is 0 Å². The average molecular weight is 393 g/mol. The van der Waals surface area contributed by atoms with Crippen LogP contribution < -0.4 is 10.5 Å². The van der Waals surface area contributed by atoms with E-state index >= 15 is 0 Å². The third kappa shape index (κ3) is 3.24. The molecular weight excluding hydrogens is 372 g/mol. The minimum Gasteiger partial charge on any atom is -0.378 e. The van der Waals surface area contributed by atoms with E-state index in [2.05, 4.69) is 31.6 Å². The highest BCUT2D eigenvalue weighted by molar-refractivity contribution is 7.98. The summed E-state index contributed by atoms with van der Waals surface area (Å²) in [6, 6.07) is 1.61. The molecule has 0 aliphatic carbocycles. The molecular formula is C16H20N6O2S2. The van der Waals surface area contributed by atoms with Crippen molar-refractivity contribution in [1.29, 1.82) is 0 Å². The van der Waals surface area contributed by atoms with Crippen LogP contribution in [0.5, 0.6) is 0 Å². The van der Waals surface area contributed by atoms with Gasteiger partial charge in [-0.1, -0.05) is 11.8 Å². The second-order valence-corrected chi connectivity index (χ2v) is 7.77. The van der Waals surface area contributed by atoms with Crippen LogP contribution in [0, 0.1) is 6.92 Å². The van der Waals surface area contributed by atoms with Gasteiger partial charge >= 0.3 is 0 Å². The van der Waals surface area contributed by atoms with Gasteiger partial charge in [0.05, 0.1) is 18.9 Å². The Hall–Kier alpha value is -1.91. The van der Waals surface area contributed by atoms with Crippen molar-refractivity contribution >= 4 is 34.0 Å². The van der Waals surface area contributed by atoms with Crippen molar-refractivity contribution in [2.24, 2.45) is 0 Å². The van der Waals surface area contributed by atoms with E-state index < -0.39 is 0 Å². The van der Waals surface area contributed by atoms with Gasteiger partial charge in [0, 0.05) is 42.5 Å². The Balaban J connectivity index is 1.54. The predicted octanol–water partition coefficient (Wildman–Crippen LogP) is 1.80. The summed E-state index contributed by atoms with van der Waals surface area (Å²) >= 11 is 3.04. The van der Waals surface area contributed by atoms with E-state index in [-0.39, 0.29) is 5.56 Å². The molecule has 4 rings (SSSR count). The van der Waals surface area contributed by atoms with Crippen molar-refractivity contribution in [3.05, 3.63) is 33.2 Å². The van der Waals surface area contributed by atoms with Crippen LogP contribution in [0.2, 0.25) is 0 Å². The number of anilines is 1. The number of nitrogens with zero attached hydrogens (tertiary/aromatic N) is 6. The van der Waals surface area contributed by atoms with E-state index in [1.807, 2.05) is 12.3 Å². The molecule has 0 bridgehead atoms. The molecule has 138 valence electrons. The molecule has 0 aromatic carbocycles. The number of aromatic nitrogens is 5. The molecule has 1 fully saturated rings. The number of hydrogen-bond acceptors (Lipinski definition) is 8. The first-order valence-corrected chi connectivity index (χ1v) is 10.4. The lowest BCUT2D eigenvalue weighted by Gasteiger charge is -2.27. The molecule has 3 aromatic heterocycles. The molecule has 3 aromatic rings. The number of hydrogen-bond donors (Lipinski definition) is 0. The molecule has 0 amide bonds. The maximum Gasteiger partial charge on any atom is 0.258 e. The van der Waals surface area contributed by atoms with Crippen LogP contribution in [0.25, 0.3) is 4.96 Å². The van der Waals surface area contributed by atoms with Gasteiger partial charge in [0.25, 0.3) is 5.56 Å². The molecule has 0 saturated carbocycles. The van der Waals surface area contributed by atoms with Gasteiger partial charge in [0.1, 0.15) is 0 Å². The first-order chi connectivity index (χ1) is 12.7. The zero-order chi connectivity index (χ0) is 18.1. The zero-order valence-electron chi connectivity index (χ0n) is 14.7. The molecule has 0 atom stereocenters. The fourth-order valence-corrected chi connectivity index (χ4v) is 4.76. The molecule has 10 heteroatoms. The Labute approximate surface area is 158 Å². The van der Waals surface area contributed by atoms with Crippen molar-refractivity contribution < 1.29 is 4.74 Å². The first-order valence-electron chi connectivity index (χ1n) is 8.53. The van der Waals surface area contributed by atoms with Gasteiger partial charge in [0.15, 0.2) is 10.1 Å². The van der Waals surface area contributed by atoms with E-state index in [1.54, 1.807) is 22.2 Å². The zero-order valence-corrected chi connectivity index (χ0v) is 16.3. The quantitative estimate of drug-likeness (QED) is 0.613. The van der Waals surface area contributed by atoms with Crippen molar-refractivity contribution in [1.82, 2.24) is 24.1 Å². The Morgan fingerprint density at radius 1 is 1.31 bits per heavy atom. The monoisotopic (exact) mass is 392 g/mol. The highest BCUT2D eigenvalue weighted by Gasteiger charge is 2.20. The van der Waals surface area contributed by atoms with Crippen LogP contribution in [-0.4, -0.2) is 50.5 Å². The molecule has 1 aliphatic heterocycles. The first kappa shape index (κ1) is 17.5. The Morgan fingerprint density at radius 2 is 2.12 bits per heavy atom. The summed E-state index contributed by atoms with van der Waals surface area (Å²) in [6.45, 7) is 7.88. The lowest BCUT2D eigenvalue weighted by atomic mass is 10.4. The van der Waals surface area contributed by atoms with Gasteiger partial charge in [-0.15, -0.1) is 21.5 Å². The highest BCUT2D eigenvalue weighted by atomic mass is 32.2. The number of thioether (sulfide) groups is 1. The van der Waals surface area contributed by atoms with Gasteiger partial charge in [-0.3, -0.25) is 13.8 Å². The molecule has 1 aliphatic rings. The molecule has 4 heterocycles. The molecule has 8 nitrogen and oxygen atoms in total. The Kier molecular flexibility index (Phi) is 4.96. The lowest BCUT2D eigenvalue weighted by molar-refractivity contribution is 0.121. The predicted molar refractivity (Wildman–Crippen MR) is 102 cm³/mol. The highest BCUT2D eigenvalue weighted by Crippen LogP contribution is 2.25. The van der Waals surface area contributed by atoms with Crippen molar-refractivity contribution in [3.8, 4) is 0 Å². The summed E-state index contributed by atoms with van der Waals surface area (Å²) in [7, 11) is 0. The van der Waals surface area contributed by atoms with E-state index in [1.165, 1.54) is 11.3 Å². The van der Waals surface area contributed by atoms with Crippen molar-refractivity contribution in [2.75, 3.05) is 31.2 Å². The van der Waals surface area contributed by atoms with Crippen LogP contribution in [0.1, 0.15) is 18.3 Å². The minimum atomic E-state index is -0.0321. The van der Waals surface area contributed by atoms with Crippen LogP contribution in [0.15, 0.2) is 21.4 Å². The normalized spacial score (nSPS) is 15.1. The summed E-state index contributed by atoms with van der Waals surface area (Å²) < 4.78 is 9.16. The second-order valence-electron chi connectivity index (χ2n) is 6.00. The number of fused-ring (bicyclic) bond motifs is 1. The van der Waals surface area contributed by atoms with Gasteiger partial charge in [0.2, 0.25) is 5.95 Å². The summed E-state index contributed by atoms with van der Waals surface area (Å²) in [4.78, 5) is 19.8. The Morgan fingerprint density at radius 3 is 2.88 bits per heavy atom. The maximum atomic E-state index is 12.3. The molecule has 1 saturated heterocycles. The second kappa shape index (κ2) is 7.37. The molecule has 0 unspecified atom stereocenters. The average Bonchev–Trinajstić information content (AvgIpc) is 3.24. The van der Waals surface area contributed by atoms with E-state index in [4.69, 9.17) is 4.74 Å². The van der Waals surface area contributed by atoms with Gasteiger partial charge < -0.3 is 9.64 Å². The largest absolute Gasteiger partial charge is 0.378 e. The number of ether oxygens (including phenoxy) is 1. The summed E-state index contributed by atoms with van der Waals surface area (Å²) in [5.74, 6) is 1.47. The Bertz CT molecular complexity index is 973. The number of rotatable bonds is 5. The number of morpholine rings is 1. The molecule has 26 heavy (non-hydrogen) atoms. The van der Waals surface area contributed by atoms with Gasteiger partial charge in [-0.05, 0) is 13.8 Å². The fourth-order valence-electron chi connectivity index (χ4n) is 2.98. The number of aryl methyl sites for hydroxylation is 1. The molecule has 0 N–H and O–H groups in total. The lowest BCUT2D eigenvalue weighted by Crippen LogP contribution is -2.38.